The molecule has 1 aromatic carbocycles. The van der Waals surface area contributed by atoms with E-state index in [9.17, 15) is 0 Å². The van der Waals surface area contributed by atoms with Crippen molar-refractivity contribution in [2.45, 2.75) is 107 Å². The van der Waals surface area contributed by atoms with Crippen molar-refractivity contribution in [2.24, 2.45) is 10.8 Å². The van der Waals surface area contributed by atoms with E-state index in [2.05, 4.69) is 82.2 Å². The second-order valence-corrected chi connectivity index (χ2v) is 10.9. The van der Waals surface area contributed by atoms with Crippen LogP contribution < -0.4 is 4.74 Å². The Labute approximate surface area is 170 Å². The van der Waals surface area contributed by atoms with Gasteiger partial charge in [0.15, 0.2) is 0 Å². The van der Waals surface area contributed by atoms with Gasteiger partial charge in [-0.3, -0.25) is 0 Å². The van der Waals surface area contributed by atoms with Gasteiger partial charge in [-0.25, -0.2) is 0 Å². The van der Waals surface area contributed by atoms with Gasteiger partial charge in [-0.1, -0.05) is 66.7 Å². The smallest absolute Gasteiger partial charge is 0.122 e. The number of hydrogen-bond acceptors (Lipinski definition) is 2. The Morgan fingerprint density at radius 3 is 1.70 bits per heavy atom. The van der Waals surface area contributed by atoms with Crippen molar-refractivity contribution in [3.63, 3.8) is 0 Å². The van der Waals surface area contributed by atoms with Gasteiger partial charge in [0.05, 0.1) is 18.8 Å². The zero-order valence-electron chi connectivity index (χ0n) is 20.2. The molecule has 0 aliphatic carbocycles. The maximum absolute atomic E-state index is 5.99. The summed E-state index contributed by atoms with van der Waals surface area (Å²) in [6.07, 6.45) is 2.64. The van der Waals surface area contributed by atoms with Crippen LogP contribution in [0, 0.1) is 10.8 Å². The number of benzene rings is 1. The van der Waals surface area contributed by atoms with Gasteiger partial charge >= 0.3 is 0 Å². The fourth-order valence-corrected chi connectivity index (χ4v) is 4.47. The maximum atomic E-state index is 5.99. The molecule has 0 heterocycles. The second kappa shape index (κ2) is 10.5. The average molecular weight is 379 g/mol. The number of methoxy groups -OCH3 is 1. The molecule has 158 valence electrons. The van der Waals surface area contributed by atoms with Crippen molar-refractivity contribution in [1.29, 1.82) is 0 Å². The molecule has 0 amide bonds. The quantitative estimate of drug-likeness (QED) is 0.480. The Morgan fingerprint density at radius 2 is 1.33 bits per heavy atom. The van der Waals surface area contributed by atoms with Crippen LogP contribution in [0.25, 0.3) is 0 Å². The molecule has 2 nitrogen and oxygen atoms in total. The highest BCUT2D eigenvalue weighted by atomic mass is 16.5. The van der Waals surface area contributed by atoms with Crippen molar-refractivity contribution in [2.75, 3.05) is 7.11 Å². The molecule has 0 aliphatic rings. The van der Waals surface area contributed by atoms with E-state index in [1.165, 1.54) is 12.0 Å². The van der Waals surface area contributed by atoms with E-state index in [0.29, 0.717) is 22.9 Å². The fraction of sp³-hybridized carbons (Fsp3) is 0.760. The lowest BCUT2D eigenvalue weighted by Gasteiger charge is -2.39. The molecule has 0 atom stereocenters. The normalized spacial score (nSPS) is 12.8. The van der Waals surface area contributed by atoms with Crippen LogP contribution in [0.3, 0.4) is 0 Å². The van der Waals surface area contributed by atoms with E-state index < -0.39 is 0 Å². The van der Waals surface area contributed by atoms with Gasteiger partial charge in [0.25, 0.3) is 0 Å². The number of ether oxygens (including phenoxy) is 2. The monoisotopic (exact) mass is 378 g/mol. The van der Waals surface area contributed by atoms with Crippen molar-refractivity contribution >= 4 is 0 Å². The highest BCUT2D eigenvalue weighted by Gasteiger charge is 2.33. The van der Waals surface area contributed by atoms with E-state index in [-0.39, 0.29) is 5.60 Å². The summed E-state index contributed by atoms with van der Waals surface area (Å²) in [4.78, 5) is 0. The summed E-state index contributed by atoms with van der Waals surface area (Å²) in [5.41, 5.74) is 1.96. The largest absolute Gasteiger partial charge is 0.496 e. The Bertz CT molecular complexity index is 534. The lowest BCUT2D eigenvalue weighted by molar-refractivity contribution is -0.0822. The van der Waals surface area contributed by atoms with Crippen LogP contribution in [-0.2, 0) is 4.74 Å². The van der Waals surface area contributed by atoms with Crippen LogP contribution in [-0.4, -0.2) is 18.8 Å². The average Bonchev–Trinajstić information content (AvgIpc) is 2.42. The molecule has 0 radical (unpaired) electrons. The van der Waals surface area contributed by atoms with Crippen LogP contribution >= 0.6 is 0 Å². The minimum atomic E-state index is -0.0249. The first-order chi connectivity index (χ1) is 12.1. The summed E-state index contributed by atoms with van der Waals surface area (Å²) in [6.45, 7) is 24.6. The SMILES string of the molecule is CC(C)OC(C)(C)CC(C)(C)CC(C)(C)C.COc1ccccc1C(C)C. The number of para-hydroxylation sites is 1. The fourth-order valence-electron chi connectivity index (χ4n) is 4.47. The summed E-state index contributed by atoms with van der Waals surface area (Å²) in [7, 11) is 1.71. The molecule has 0 N–H and O–H groups in total. The molecule has 1 aromatic rings. The van der Waals surface area contributed by atoms with E-state index in [1.54, 1.807) is 7.11 Å². The summed E-state index contributed by atoms with van der Waals surface area (Å²) < 4.78 is 11.2. The van der Waals surface area contributed by atoms with Gasteiger partial charge in [0, 0.05) is 0 Å². The van der Waals surface area contributed by atoms with Gasteiger partial charge in [0.2, 0.25) is 0 Å². The van der Waals surface area contributed by atoms with Gasteiger partial charge < -0.3 is 9.47 Å². The molecule has 0 unspecified atom stereocenters. The van der Waals surface area contributed by atoms with Crippen LogP contribution in [0.15, 0.2) is 24.3 Å². The number of hydrogen-bond donors (Lipinski definition) is 0. The summed E-state index contributed by atoms with van der Waals surface area (Å²) >= 11 is 0. The number of rotatable bonds is 7. The molecular weight excluding hydrogens is 332 g/mol. The first kappa shape index (κ1) is 26.0. The molecule has 0 aromatic heterocycles. The van der Waals surface area contributed by atoms with E-state index in [0.717, 1.165) is 12.2 Å². The third-order valence-electron chi connectivity index (χ3n) is 4.23. The highest BCUT2D eigenvalue weighted by molar-refractivity contribution is 5.35. The minimum absolute atomic E-state index is 0.0249. The molecule has 0 bridgehead atoms. The molecule has 2 heteroatoms. The van der Waals surface area contributed by atoms with Crippen LogP contribution in [0.2, 0.25) is 0 Å². The minimum Gasteiger partial charge on any atom is -0.496 e. The Kier molecular flexibility index (Phi) is 10.1. The predicted octanol–water partition coefficient (Wildman–Crippen LogP) is 7.86. The summed E-state index contributed by atoms with van der Waals surface area (Å²) in [5.74, 6) is 1.52. The molecule has 0 saturated heterocycles. The maximum Gasteiger partial charge on any atom is 0.122 e. The third kappa shape index (κ3) is 12.1. The molecular formula is C25H46O2. The van der Waals surface area contributed by atoms with E-state index >= 15 is 0 Å². The molecule has 0 saturated carbocycles. The molecule has 0 spiro atoms. The molecule has 0 aliphatic heterocycles. The first-order valence-electron chi connectivity index (χ1n) is 10.4. The van der Waals surface area contributed by atoms with Crippen molar-refractivity contribution in [3.05, 3.63) is 29.8 Å². The van der Waals surface area contributed by atoms with Crippen LogP contribution in [0.5, 0.6) is 5.75 Å². The zero-order valence-corrected chi connectivity index (χ0v) is 20.2. The second-order valence-electron chi connectivity index (χ2n) is 10.9. The lowest BCUT2D eigenvalue weighted by atomic mass is 9.71. The molecule has 1 rings (SSSR count). The highest BCUT2D eigenvalue weighted by Crippen LogP contribution is 2.40. The van der Waals surface area contributed by atoms with Gasteiger partial charge in [-0.15, -0.1) is 0 Å². The topological polar surface area (TPSA) is 18.5 Å². The standard InChI is InChI=1S/C15H32O.C10H14O/c1-12(2)16-15(8,9)11-14(6,7)10-13(3,4)5;1-8(2)9-6-4-5-7-10(9)11-3/h12H,10-11H2,1-9H3;4-8H,1-3H3. The molecule has 0 fully saturated rings. The Balaban J connectivity index is 0.000000533. The summed E-state index contributed by atoms with van der Waals surface area (Å²) in [5, 5.41) is 0. The Morgan fingerprint density at radius 1 is 0.815 bits per heavy atom. The predicted molar refractivity (Wildman–Crippen MR) is 120 cm³/mol. The summed E-state index contributed by atoms with van der Waals surface area (Å²) in [6, 6.07) is 8.13. The van der Waals surface area contributed by atoms with E-state index in [4.69, 9.17) is 9.47 Å². The first-order valence-corrected chi connectivity index (χ1v) is 10.4. The van der Waals surface area contributed by atoms with Gasteiger partial charge in [0.1, 0.15) is 5.75 Å². The zero-order chi connectivity index (χ0) is 21.5. The molecule has 27 heavy (non-hydrogen) atoms. The van der Waals surface area contributed by atoms with Crippen molar-refractivity contribution in [3.8, 4) is 5.75 Å². The Hall–Kier alpha value is -1.02. The van der Waals surface area contributed by atoms with Crippen LogP contribution in [0.4, 0.5) is 0 Å². The van der Waals surface area contributed by atoms with E-state index in [1.807, 2.05) is 18.2 Å². The van der Waals surface area contributed by atoms with Gasteiger partial charge in [-0.05, 0) is 68.9 Å². The lowest BCUT2D eigenvalue weighted by Crippen LogP contribution is -2.35. The van der Waals surface area contributed by atoms with Crippen LogP contribution in [0.1, 0.15) is 100 Å². The van der Waals surface area contributed by atoms with Crippen molar-refractivity contribution in [1.82, 2.24) is 0 Å². The van der Waals surface area contributed by atoms with Crippen molar-refractivity contribution < 1.29 is 9.47 Å². The van der Waals surface area contributed by atoms with Gasteiger partial charge in [-0.2, -0.15) is 0 Å². The third-order valence-corrected chi connectivity index (χ3v) is 4.23.